The van der Waals surface area contributed by atoms with Gasteiger partial charge in [0, 0.05) is 11.9 Å². The fourth-order valence-electron chi connectivity index (χ4n) is 1.39. The normalized spacial score (nSPS) is 9.65. The molecule has 0 saturated heterocycles. The number of quaternary nitrogens is 1. The molecule has 0 aliphatic carbocycles. The average Bonchev–Trinajstić information content (AvgIpc) is 2.82. The van der Waals surface area contributed by atoms with Gasteiger partial charge in [-0.1, -0.05) is 4.32 Å². The first-order chi connectivity index (χ1) is 8.13. The maximum absolute atomic E-state index is 4.66. The van der Waals surface area contributed by atoms with Crippen LogP contribution in [0.3, 0.4) is 0 Å². The van der Waals surface area contributed by atoms with Crippen LogP contribution in [0.5, 0.6) is 0 Å². The molecule has 0 radical (unpaired) electrons. The highest BCUT2D eigenvalue weighted by Gasteiger charge is 1.92. The number of hydrogen-bond donors (Lipinski definition) is 3. The van der Waals surface area contributed by atoms with Crippen molar-refractivity contribution in [1.29, 1.82) is 0 Å². The van der Waals surface area contributed by atoms with Crippen molar-refractivity contribution < 1.29 is 4.90 Å². The molecular weight excluding hydrogens is 250 g/mol. The molecule has 0 aliphatic rings. The Bertz CT molecular complexity index is 276. The molecular formula is C12H23N3S2. The van der Waals surface area contributed by atoms with E-state index in [4.69, 9.17) is 0 Å². The molecule has 17 heavy (non-hydrogen) atoms. The summed E-state index contributed by atoms with van der Waals surface area (Å²) in [6, 6.07) is 3.91. The third-order valence-electron chi connectivity index (χ3n) is 2.59. The van der Waals surface area contributed by atoms with Crippen molar-refractivity contribution in [3.05, 3.63) is 24.0 Å². The molecule has 0 fully saturated rings. The van der Waals surface area contributed by atoms with Gasteiger partial charge in [-0.2, -0.15) is 0 Å². The van der Waals surface area contributed by atoms with Crippen LogP contribution in [0.25, 0.3) is 0 Å². The zero-order valence-corrected chi connectivity index (χ0v) is 12.5. The lowest BCUT2D eigenvalue weighted by Crippen LogP contribution is -3.11. The molecule has 0 amide bonds. The monoisotopic (exact) mass is 273 g/mol. The first-order valence-electron chi connectivity index (χ1n) is 6.04. The summed E-state index contributed by atoms with van der Waals surface area (Å²) in [4.78, 5) is 4.70. The first-order valence-corrected chi connectivity index (χ1v) is 6.86. The van der Waals surface area contributed by atoms with Gasteiger partial charge >= 0.3 is 0 Å². The molecule has 1 rings (SSSR count). The Kier molecular flexibility index (Phi) is 10.1. The molecule has 3 nitrogen and oxygen atoms in total. The van der Waals surface area contributed by atoms with Crippen molar-refractivity contribution in [2.75, 3.05) is 19.6 Å². The van der Waals surface area contributed by atoms with E-state index in [2.05, 4.69) is 55.9 Å². The maximum atomic E-state index is 4.66. The summed E-state index contributed by atoms with van der Waals surface area (Å²) in [7, 11) is 0. The lowest BCUT2D eigenvalue weighted by molar-refractivity contribution is -0.894. The predicted octanol–water partition coefficient (Wildman–Crippen LogP) is 0.867. The molecule has 0 aromatic carbocycles. The Balaban J connectivity index is 0.000000325. The SMILES string of the molecule is CC[NH+](CC)CC.S=C([S-])NCc1ccc[nH]1. The van der Waals surface area contributed by atoms with Gasteiger partial charge in [0.15, 0.2) is 0 Å². The zero-order chi connectivity index (χ0) is 13.1. The summed E-state index contributed by atoms with van der Waals surface area (Å²) in [6.45, 7) is 11.2. The highest BCUT2D eigenvalue weighted by atomic mass is 32.1. The summed E-state index contributed by atoms with van der Waals surface area (Å²) in [5, 5.41) is 2.86. The van der Waals surface area contributed by atoms with Crippen LogP contribution in [0.15, 0.2) is 18.3 Å². The van der Waals surface area contributed by atoms with E-state index in [1.165, 1.54) is 19.6 Å². The Morgan fingerprint density at radius 1 is 1.35 bits per heavy atom. The molecule has 1 aromatic rings. The fourth-order valence-corrected chi connectivity index (χ4v) is 1.54. The van der Waals surface area contributed by atoms with E-state index in [-0.39, 0.29) is 0 Å². The minimum atomic E-state index is 0.412. The smallest absolute Gasteiger partial charge is 0.0742 e. The van der Waals surface area contributed by atoms with Crippen molar-refractivity contribution in [1.82, 2.24) is 10.3 Å². The van der Waals surface area contributed by atoms with Crippen LogP contribution >= 0.6 is 12.2 Å². The highest BCUT2D eigenvalue weighted by molar-refractivity contribution is 8.00. The molecule has 3 N–H and O–H groups in total. The number of hydrogen-bond acceptors (Lipinski definition) is 2. The van der Waals surface area contributed by atoms with Crippen LogP contribution in [-0.4, -0.2) is 28.9 Å². The van der Waals surface area contributed by atoms with Gasteiger partial charge in [0.1, 0.15) is 0 Å². The van der Waals surface area contributed by atoms with Gasteiger partial charge in [-0.15, -0.1) is 0 Å². The van der Waals surface area contributed by atoms with Crippen molar-refractivity contribution >= 4 is 29.2 Å². The second-order valence-corrected chi connectivity index (χ2v) is 4.72. The van der Waals surface area contributed by atoms with E-state index in [0.29, 0.717) is 10.9 Å². The van der Waals surface area contributed by atoms with E-state index in [1.54, 1.807) is 4.90 Å². The zero-order valence-electron chi connectivity index (χ0n) is 10.9. The number of rotatable bonds is 5. The summed E-state index contributed by atoms with van der Waals surface area (Å²) in [5.41, 5.74) is 1.09. The van der Waals surface area contributed by atoms with Crippen LogP contribution in [0, 0.1) is 0 Å². The molecule has 1 heterocycles. The summed E-state index contributed by atoms with van der Waals surface area (Å²) >= 11 is 9.32. The van der Waals surface area contributed by atoms with Gasteiger partial charge in [-0.25, -0.2) is 0 Å². The fraction of sp³-hybridized carbons (Fsp3) is 0.583. The third kappa shape index (κ3) is 9.09. The molecule has 98 valence electrons. The minimum absolute atomic E-state index is 0.412. The highest BCUT2D eigenvalue weighted by Crippen LogP contribution is 1.92. The molecule has 0 spiro atoms. The standard InChI is InChI=1S/C6H8N2S2.C6H15N/c9-6(10)8-4-5-2-1-3-7-5;1-4-7(5-2)6-3/h1-3,7H,4H2,(H2,8,9,10);4-6H2,1-3H3. The largest absolute Gasteiger partial charge is 0.412 e. The summed E-state index contributed by atoms with van der Waals surface area (Å²) < 4.78 is 0.412. The van der Waals surface area contributed by atoms with Gasteiger partial charge in [0.25, 0.3) is 0 Å². The quantitative estimate of drug-likeness (QED) is 0.550. The van der Waals surface area contributed by atoms with E-state index >= 15 is 0 Å². The molecule has 0 aliphatic heterocycles. The third-order valence-corrected chi connectivity index (χ3v) is 2.87. The van der Waals surface area contributed by atoms with Gasteiger partial charge < -0.3 is 40.0 Å². The number of H-pyrrole nitrogens is 1. The topological polar surface area (TPSA) is 32.3 Å². The van der Waals surface area contributed by atoms with Crippen molar-refractivity contribution in [3.8, 4) is 0 Å². The van der Waals surface area contributed by atoms with E-state index in [1.807, 2.05) is 18.3 Å². The van der Waals surface area contributed by atoms with Crippen LogP contribution in [0.2, 0.25) is 0 Å². The van der Waals surface area contributed by atoms with E-state index < -0.39 is 0 Å². The van der Waals surface area contributed by atoms with Crippen LogP contribution in [0.4, 0.5) is 0 Å². The Morgan fingerprint density at radius 3 is 2.24 bits per heavy atom. The van der Waals surface area contributed by atoms with Crippen molar-refractivity contribution in [3.63, 3.8) is 0 Å². The lowest BCUT2D eigenvalue weighted by Gasteiger charge is -2.10. The molecule has 0 saturated carbocycles. The Labute approximate surface area is 115 Å². The average molecular weight is 273 g/mol. The lowest BCUT2D eigenvalue weighted by atomic mass is 10.4. The second kappa shape index (κ2) is 10.5. The molecule has 1 aromatic heterocycles. The predicted molar refractivity (Wildman–Crippen MR) is 80.2 cm³/mol. The number of aromatic nitrogens is 1. The molecule has 5 heteroatoms. The summed E-state index contributed by atoms with van der Waals surface area (Å²) in [6.07, 6.45) is 1.86. The Morgan fingerprint density at radius 2 is 1.94 bits per heavy atom. The van der Waals surface area contributed by atoms with Gasteiger partial charge in [-0.3, -0.25) is 0 Å². The van der Waals surface area contributed by atoms with Crippen molar-refractivity contribution in [2.24, 2.45) is 0 Å². The van der Waals surface area contributed by atoms with Crippen LogP contribution in [0.1, 0.15) is 26.5 Å². The maximum Gasteiger partial charge on any atom is 0.0742 e. The van der Waals surface area contributed by atoms with Crippen LogP contribution < -0.4 is 10.2 Å². The Hall–Kier alpha value is -0.650. The van der Waals surface area contributed by atoms with Gasteiger partial charge in [0.05, 0.1) is 26.2 Å². The molecule has 0 atom stereocenters. The number of nitrogens with one attached hydrogen (secondary N) is 3. The number of aromatic amines is 1. The van der Waals surface area contributed by atoms with Crippen molar-refractivity contribution in [2.45, 2.75) is 27.3 Å². The first kappa shape index (κ1) is 16.4. The second-order valence-electron chi connectivity index (χ2n) is 3.65. The van der Waals surface area contributed by atoms with Crippen LogP contribution in [-0.2, 0) is 19.2 Å². The minimum Gasteiger partial charge on any atom is -0.412 e. The summed E-state index contributed by atoms with van der Waals surface area (Å²) in [5.74, 6) is 0. The van der Waals surface area contributed by atoms with E-state index in [9.17, 15) is 0 Å². The number of thiocarbonyl (C=S) groups is 1. The van der Waals surface area contributed by atoms with Gasteiger partial charge in [-0.05, 0) is 32.9 Å². The van der Waals surface area contributed by atoms with E-state index in [0.717, 1.165) is 5.69 Å². The van der Waals surface area contributed by atoms with Gasteiger partial charge in [0.2, 0.25) is 0 Å². The molecule has 0 bridgehead atoms. The molecule has 0 unspecified atom stereocenters.